The number of halogens is 1. The Morgan fingerprint density at radius 1 is 1.08 bits per heavy atom. The largest absolute Gasteiger partial charge is 0.493 e. The second-order valence-electron chi connectivity index (χ2n) is 9.14. The van der Waals surface area contributed by atoms with Gasteiger partial charge >= 0.3 is 0 Å². The van der Waals surface area contributed by atoms with Crippen molar-refractivity contribution < 1.29 is 28.7 Å². The molecule has 4 N–H and O–H groups in total. The van der Waals surface area contributed by atoms with Crippen LogP contribution in [0.5, 0.6) is 11.5 Å². The number of hydrogen-bond donors (Lipinski definition) is 3. The molecule has 3 aliphatic rings. The zero-order valence-corrected chi connectivity index (χ0v) is 20.4. The van der Waals surface area contributed by atoms with Gasteiger partial charge in [0.1, 0.15) is 5.54 Å². The number of nitrogens with two attached hydrogens (primary N) is 1. The second-order valence-corrected chi connectivity index (χ2v) is 9.58. The lowest BCUT2D eigenvalue weighted by molar-refractivity contribution is -0.142. The van der Waals surface area contributed by atoms with Crippen LogP contribution in [0.4, 0.5) is 5.69 Å². The SMILES string of the molecule is COc1ccc(CCN2C(=O)[C@H]3[C@@H](C2=O)[C@@]2(N[C@@H]3CC(N)=O)C(=O)Nc3ccc(Cl)cc32)cc1OC. The van der Waals surface area contributed by atoms with Crippen LogP contribution in [0.15, 0.2) is 36.4 Å². The van der Waals surface area contributed by atoms with E-state index < -0.39 is 47.0 Å². The van der Waals surface area contributed by atoms with E-state index in [9.17, 15) is 19.2 Å². The van der Waals surface area contributed by atoms with Crippen LogP contribution in [-0.4, -0.2) is 55.3 Å². The molecule has 2 aromatic rings. The molecule has 0 aromatic heterocycles. The van der Waals surface area contributed by atoms with Crippen molar-refractivity contribution in [3.63, 3.8) is 0 Å². The summed E-state index contributed by atoms with van der Waals surface area (Å²) in [6.07, 6.45) is 0.168. The number of rotatable bonds is 7. The summed E-state index contributed by atoms with van der Waals surface area (Å²) in [5.74, 6) is -2.90. The minimum Gasteiger partial charge on any atom is -0.493 e. The fourth-order valence-corrected chi connectivity index (χ4v) is 5.89. The van der Waals surface area contributed by atoms with Crippen molar-refractivity contribution in [2.45, 2.75) is 24.4 Å². The summed E-state index contributed by atoms with van der Waals surface area (Å²) >= 11 is 6.23. The number of fused-ring (bicyclic) bond motifs is 4. The summed E-state index contributed by atoms with van der Waals surface area (Å²) in [5, 5.41) is 6.32. The van der Waals surface area contributed by atoms with Gasteiger partial charge in [-0.25, -0.2) is 0 Å². The van der Waals surface area contributed by atoms with Gasteiger partial charge in [-0.2, -0.15) is 0 Å². The van der Waals surface area contributed by atoms with E-state index in [0.717, 1.165) is 5.56 Å². The maximum atomic E-state index is 13.8. The molecule has 188 valence electrons. The molecule has 0 aliphatic carbocycles. The van der Waals surface area contributed by atoms with Crippen molar-refractivity contribution in [1.29, 1.82) is 0 Å². The topological polar surface area (TPSA) is 140 Å². The molecule has 3 heterocycles. The van der Waals surface area contributed by atoms with Gasteiger partial charge in [0.25, 0.3) is 0 Å². The summed E-state index contributed by atoms with van der Waals surface area (Å²) in [4.78, 5) is 53.7. The number of primary amides is 1. The first-order chi connectivity index (χ1) is 17.2. The number of benzene rings is 2. The Kier molecular flexibility index (Phi) is 5.88. The molecule has 2 fully saturated rings. The molecule has 2 saturated heterocycles. The average molecular weight is 513 g/mol. The fourth-order valence-electron chi connectivity index (χ4n) is 5.72. The van der Waals surface area contributed by atoms with Crippen LogP contribution in [0.25, 0.3) is 0 Å². The van der Waals surface area contributed by atoms with Gasteiger partial charge in [-0.05, 0) is 42.3 Å². The van der Waals surface area contributed by atoms with Gasteiger partial charge in [0.15, 0.2) is 11.5 Å². The van der Waals surface area contributed by atoms with Gasteiger partial charge in [-0.1, -0.05) is 17.7 Å². The van der Waals surface area contributed by atoms with Crippen molar-refractivity contribution >= 4 is 40.9 Å². The third kappa shape index (κ3) is 3.51. The highest BCUT2D eigenvalue weighted by Gasteiger charge is 2.70. The molecule has 11 heteroatoms. The molecule has 5 rings (SSSR count). The van der Waals surface area contributed by atoms with E-state index in [0.29, 0.717) is 34.2 Å². The lowest BCUT2D eigenvalue weighted by Crippen LogP contribution is -2.53. The highest BCUT2D eigenvalue weighted by atomic mass is 35.5. The number of anilines is 1. The Morgan fingerprint density at radius 3 is 2.53 bits per heavy atom. The van der Waals surface area contributed by atoms with Crippen molar-refractivity contribution in [1.82, 2.24) is 10.2 Å². The summed E-state index contributed by atoms with van der Waals surface area (Å²) in [7, 11) is 3.06. The number of nitrogens with one attached hydrogen (secondary N) is 2. The molecule has 0 radical (unpaired) electrons. The molecule has 0 saturated carbocycles. The van der Waals surface area contributed by atoms with Gasteiger partial charge < -0.3 is 20.5 Å². The van der Waals surface area contributed by atoms with Crippen LogP contribution in [0.3, 0.4) is 0 Å². The van der Waals surface area contributed by atoms with Crippen LogP contribution in [0.1, 0.15) is 17.5 Å². The zero-order chi connectivity index (χ0) is 25.8. The predicted octanol–water partition coefficient (Wildman–Crippen LogP) is 1.20. The number of amides is 4. The first-order valence-corrected chi connectivity index (χ1v) is 11.8. The van der Waals surface area contributed by atoms with Gasteiger partial charge in [0.05, 0.1) is 26.1 Å². The molecule has 4 atom stereocenters. The fraction of sp³-hybridized carbons (Fsp3) is 0.360. The number of ether oxygens (including phenoxy) is 2. The van der Waals surface area contributed by atoms with Crippen LogP contribution in [0, 0.1) is 11.8 Å². The number of imide groups is 1. The molecule has 0 bridgehead atoms. The van der Waals surface area contributed by atoms with Gasteiger partial charge in [-0.15, -0.1) is 0 Å². The summed E-state index contributed by atoms with van der Waals surface area (Å²) in [5.41, 5.74) is 5.74. The molecule has 10 nitrogen and oxygen atoms in total. The van der Waals surface area contributed by atoms with E-state index in [1.165, 1.54) is 19.1 Å². The Balaban J connectivity index is 1.49. The zero-order valence-electron chi connectivity index (χ0n) is 19.7. The second kappa shape index (κ2) is 8.79. The Bertz CT molecular complexity index is 1300. The number of likely N-dealkylation sites (tertiary alicyclic amines) is 1. The lowest BCUT2D eigenvalue weighted by atomic mass is 9.76. The number of hydrogen-bond acceptors (Lipinski definition) is 7. The average Bonchev–Trinajstić information content (AvgIpc) is 3.41. The number of carbonyl (C=O) groups excluding carboxylic acids is 4. The third-order valence-corrected chi connectivity index (χ3v) is 7.50. The van der Waals surface area contributed by atoms with Gasteiger partial charge in [0.2, 0.25) is 23.6 Å². The van der Waals surface area contributed by atoms with Crippen LogP contribution in [0.2, 0.25) is 5.02 Å². The molecular weight excluding hydrogens is 488 g/mol. The first kappa shape index (κ1) is 24.1. The van der Waals surface area contributed by atoms with Crippen molar-refractivity contribution in [3.8, 4) is 11.5 Å². The molecular formula is C25H25ClN4O6. The van der Waals surface area contributed by atoms with E-state index in [1.807, 2.05) is 6.07 Å². The molecule has 0 unspecified atom stereocenters. The minimum absolute atomic E-state index is 0.101. The summed E-state index contributed by atoms with van der Waals surface area (Å²) < 4.78 is 10.6. The first-order valence-electron chi connectivity index (χ1n) is 11.4. The van der Waals surface area contributed by atoms with Crippen LogP contribution in [-0.2, 0) is 31.1 Å². The van der Waals surface area contributed by atoms with E-state index in [1.54, 1.807) is 30.3 Å². The minimum atomic E-state index is -1.53. The van der Waals surface area contributed by atoms with Gasteiger partial charge in [-0.3, -0.25) is 29.4 Å². The maximum absolute atomic E-state index is 13.8. The van der Waals surface area contributed by atoms with Crippen molar-refractivity contribution in [3.05, 3.63) is 52.5 Å². The maximum Gasteiger partial charge on any atom is 0.250 e. The highest BCUT2D eigenvalue weighted by Crippen LogP contribution is 2.53. The Morgan fingerprint density at radius 2 is 1.83 bits per heavy atom. The van der Waals surface area contributed by atoms with E-state index >= 15 is 0 Å². The van der Waals surface area contributed by atoms with Crippen molar-refractivity contribution in [2.24, 2.45) is 17.6 Å². The number of nitrogens with zero attached hydrogens (tertiary/aromatic N) is 1. The normalized spacial score (nSPS) is 26.2. The number of methoxy groups -OCH3 is 2. The lowest BCUT2D eigenvalue weighted by Gasteiger charge is -2.29. The molecule has 4 amide bonds. The molecule has 1 spiro atoms. The smallest absolute Gasteiger partial charge is 0.250 e. The third-order valence-electron chi connectivity index (χ3n) is 7.26. The molecule has 3 aliphatic heterocycles. The van der Waals surface area contributed by atoms with E-state index in [-0.39, 0.29) is 13.0 Å². The number of carbonyl (C=O) groups is 4. The highest BCUT2D eigenvalue weighted by molar-refractivity contribution is 6.31. The Labute approximate surface area is 212 Å². The van der Waals surface area contributed by atoms with Crippen LogP contribution < -0.4 is 25.8 Å². The quantitative estimate of drug-likeness (QED) is 0.473. The summed E-state index contributed by atoms with van der Waals surface area (Å²) in [6.45, 7) is 0.101. The van der Waals surface area contributed by atoms with Crippen molar-refractivity contribution in [2.75, 3.05) is 26.1 Å². The van der Waals surface area contributed by atoms with Crippen LogP contribution >= 0.6 is 11.6 Å². The predicted molar refractivity (Wildman–Crippen MR) is 129 cm³/mol. The standard InChI is InChI=1S/C25H25ClN4O6/c1-35-17-6-3-12(9-18(17)36-2)7-8-30-22(32)20-16(11-19(27)31)29-25(21(20)23(30)33)14-10-13(26)4-5-15(14)28-24(25)34/h3-6,9-10,16,20-21,29H,7-8,11H2,1-2H3,(H2,27,31)(H,28,34)/t16-,20-,21+,25-/m1/s1. The molecule has 2 aromatic carbocycles. The van der Waals surface area contributed by atoms with E-state index in [4.69, 9.17) is 26.8 Å². The summed E-state index contributed by atoms with van der Waals surface area (Å²) in [6, 6.07) is 9.46. The van der Waals surface area contributed by atoms with E-state index in [2.05, 4.69) is 10.6 Å². The van der Waals surface area contributed by atoms with Gasteiger partial charge in [0, 0.05) is 35.3 Å². The Hall–Kier alpha value is -3.63. The molecule has 36 heavy (non-hydrogen) atoms. The monoisotopic (exact) mass is 512 g/mol.